The average molecular weight is 129 g/mol. The van der Waals surface area contributed by atoms with Crippen LogP contribution in [0, 0.1) is 0 Å². The Morgan fingerprint density at radius 1 is 1.56 bits per heavy atom. The van der Waals surface area contributed by atoms with Gasteiger partial charge in [0.25, 0.3) is 0 Å². The van der Waals surface area contributed by atoms with E-state index >= 15 is 0 Å². The van der Waals surface area contributed by atoms with Gasteiger partial charge in [0.05, 0.1) is 6.10 Å². The molecule has 2 heteroatoms. The van der Waals surface area contributed by atoms with Gasteiger partial charge in [-0.2, -0.15) is 0 Å². The van der Waals surface area contributed by atoms with Gasteiger partial charge in [-0.25, -0.2) is 0 Å². The average Bonchev–Trinajstić information content (AvgIpc) is 1.88. The second-order valence-corrected chi connectivity index (χ2v) is 2.74. The zero-order valence-corrected chi connectivity index (χ0v) is 6.18. The van der Waals surface area contributed by atoms with Crippen LogP contribution >= 0.6 is 0 Å². The van der Waals surface area contributed by atoms with Crippen LogP contribution in [-0.4, -0.2) is 25.8 Å². The fourth-order valence-corrected chi connectivity index (χ4v) is 1.30. The van der Waals surface area contributed by atoms with Crippen LogP contribution in [0.2, 0.25) is 0 Å². The fraction of sp³-hybridized carbons (Fsp3) is 1.00. The molecule has 0 bridgehead atoms. The molecule has 1 aliphatic rings. The Balaban J connectivity index is 2.23. The van der Waals surface area contributed by atoms with Gasteiger partial charge in [0, 0.05) is 13.2 Å². The summed E-state index contributed by atoms with van der Waals surface area (Å²) in [5.74, 6) is 0. The summed E-state index contributed by atoms with van der Waals surface area (Å²) in [6.45, 7) is 3.31. The molecule has 1 fully saturated rings. The lowest BCUT2D eigenvalue weighted by Crippen LogP contribution is -2.38. The van der Waals surface area contributed by atoms with Crippen molar-refractivity contribution in [2.45, 2.75) is 31.9 Å². The predicted molar refractivity (Wildman–Crippen MR) is 37.5 cm³/mol. The first-order chi connectivity index (χ1) is 4.33. The minimum absolute atomic E-state index is 0.501. The Morgan fingerprint density at radius 3 is 2.78 bits per heavy atom. The molecule has 0 radical (unpaired) electrons. The Labute approximate surface area is 56.6 Å². The van der Waals surface area contributed by atoms with Crippen molar-refractivity contribution in [2.24, 2.45) is 0 Å². The highest BCUT2D eigenvalue weighted by Gasteiger charge is 2.16. The van der Waals surface area contributed by atoms with Gasteiger partial charge in [0.1, 0.15) is 0 Å². The van der Waals surface area contributed by atoms with E-state index in [1.54, 1.807) is 7.11 Å². The molecule has 1 heterocycles. The highest BCUT2D eigenvalue weighted by atomic mass is 16.5. The quantitative estimate of drug-likeness (QED) is 0.564. The van der Waals surface area contributed by atoms with E-state index in [1.807, 2.05) is 0 Å². The van der Waals surface area contributed by atoms with Gasteiger partial charge in [-0.3, -0.25) is 0 Å². The summed E-state index contributed by atoms with van der Waals surface area (Å²) in [4.78, 5) is 0. The van der Waals surface area contributed by atoms with Gasteiger partial charge < -0.3 is 10.1 Å². The molecule has 1 aliphatic heterocycles. The summed E-state index contributed by atoms with van der Waals surface area (Å²) < 4.78 is 5.22. The normalized spacial score (nSPS) is 36.7. The van der Waals surface area contributed by atoms with Crippen molar-refractivity contribution in [1.29, 1.82) is 0 Å². The molecule has 0 aromatic carbocycles. The third kappa shape index (κ3) is 1.95. The van der Waals surface area contributed by atoms with Crippen LogP contribution in [0.3, 0.4) is 0 Å². The minimum atomic E-state index is 0.501. The van der Waals surface area contributed by atoms with Crippen molar-refractivity contribution < 1.29 is 4.74 Å². The van der Waals surface area contributed by atoms with Crippen LogP contribution in [0.5, 0.6) is 0 Å². The van der Waals surface area contributed by atoms with Crippen molar-refractivity contribution in [3.05, 3.63) is 0 Å². The molecule has 2 atom stereocenters. The number of ether oxygens (including phenoxy) is 1. The number of methoxy groups -OCH3 is 1. The van der Waals surface area contributed by atoms with Crippen LogP contribution in [-0.2, 0) is 4.74 Å². The maximum absolute atomic E-state index is 5.22. The van der Waals surface area contributed by atoms with E-state index in [1.165, 1.54) is 6.42 Å². The number of hydrogen-bond donors (Lipinski definition) is 1. The molecular weight excluding hydrogens is 114 g/mol. The smallest absolute Gasteiger partial charge is 0.0598 e. The van der Waals surface area contributed by atoms with E-state index in [2.05, 4.69) is 12.2 Å². The molecule has 2 unspecified atom stereocenters. The SMILES string of the molecule is COC1CCNC(C)C1. The van der Waals surface area contributed by atoms with Crippen molar-refractivity contribution in [3.63, 3.8) is 0 Å². The fourth-order valence-electron chi connectivity index (χ4n) is 1.30. The number of nitrogens with one attached hydrogen (secondary N) is 1. The summed E-state index contributed by atoms with van der Waals surface area (Å²) in [5.41, 5.74) is 0. The molecule has 0 saturated carbocycles. The summed E-state index contributed by atoms with van der Waals surface area (Å²) in [6.07, 6.45) is 2.83. The van der Waals surface area contributed by atoms with Crippen LogP contribution < -0.4 is 5.32 Å². The van der Waals surface area contributed by atoms with E-state index in [-0.39, 0.29) is 0 Å². The molecule has 1 rings (SSSR count). The van der Waals surface area contributed by atoms with Crippen LogP contribution in [0.1, 0.15) is 19.8 Å². The number of piperidine rings is 1. The first-order valence-corrected chi connectivity index (χ1v) is 3.59. The summed E-state index contributed by atoms with van der Waals surface area (Å²) in [5, 5.41) is 3.37. The first-order valence-electron chi connectivity index (χ1n) is 3.59. The third-order valence-corrected chi connectivity index (χ3v) is 1.91. The Morgan fingerprint density at radius 2 is 2.33 bits per heavy atom. The zero-order chi connectivity index (χ0) is 6.69. The maximum Gasteiger partial charge on any atom is 0.0598 e. The van der Waals surface area contributed by atoms with Gasteiger partial charge in [-0.15, -0.1) is 0 Å². The number of rotatable bonds is 1. The second kappa shape index (κ2) is 3.18. The molecular formula is C7H15NO. The van der Waals surface area contributed by atoms with E-state index in [0.29, 0.717) is 12.1 Å². The Hall–Kier alpha value is -0.0800. The summed E-state index contributed by atoms with van der Waals surface area (Å²) in [7, 11) is 1.79. The molecule has 0 aliphatic carbocycles. The molecule has 0 aromatic rings. The first kappa shape index (κ1) is 7.03. The highest BCUT2D eigenvalue weighted by Crippen LogP contribution is 2.10. The molecule has 1 saturated heterocycles. The topological polar surface area (TPSA) is 21.3 Å². The monoisotopic (exact) mass is 129 g/mol. The van der Waals surface area contributed by atoms with Crippen molar-refractivity contribution in [1.82, 2.24) is 5.32 Å². The summed E-state index contributed by atoms with van der Waals surface area (Å²) in [6, 6.07) is 0.642. The van der Waals surface area contributed by atoms with E-state index in [4.69, 9.17) is 4.74 Å². The van der Waals surface area contributed by atoms with Crippen molar-refractivity contribution >= 4 is 0 Å². The standard InChI is InChI=1S/C7H15NO/c1-6-5-7(9-2)3-4-8-6/h6-8H,3-5H2,1-2H3. The van der Waals surface area contributed by atoms with Gasteiger partial charge in [-0.1, -0.05) is 0 Å². The zero-order valence-electron chi connectivity index (χ0n) is 6.18. The largest absolute Gasteiger partial charge is 0.381 e. The van der Waals surface area contributed by atoms with E-state index < -0.39 is 0 Å². The Kier molecular flexibility index (Phi) is 2.49. The van der Waals surface area contributed by atoms with E-state index in [9.17, 15) is 0 Å². The Bertz CT molecular complexity index is 85.0. The second-order valence-electron chi connectivity index (χ2n) is 2.74. The summed E-state index contributed by atoms with van der Waals surface area (Å²) >= 11 is 0. The van der Waals surface area contributed by atoms with Crippen LogP contribution in [0.15, 0.2) is 0 Å². The molecule has 54 valence electrons. The maximum atomic E-state index is 5.22. The molecule has 9 heavy (non-hydrogen) atoms. The molecule has 0 aromatic heterocycles. The lowest BCUT2D eigenvalue weighted by Gasteiger charge is -2.26. The lowest BCUT2D eigenvalue weighted by atomic mass is 10.0. The van der Waals surface area contributed by atoms with Gasteiger partial charge in [0.15, 0.2) is 0 Å². The molecule has 0 spiro atoms. The minimum Gasteiger partial charge on any atom is -0.381 e. The van der Waals surface area contributed by atoms with Gasteiger partial charge >= 0.3 is 0 Å². The number of hydrogen-bond acceptors (Lipinski definition) is 2. The van der Waals surface area contributed by atoms with Crippen LogP contribution in [0.25, 0.3) is 0 Å². The van der Waals surface area contributed by atoms with Gasteiger partial charge in [0.2, 0.25) is 0 Å². The van der Waals surface area contributed by atoms with Crippen molar-refractivity contribution in [3.8, 4) is 0 Å². The highest BCUT2D eigenvalue weighted by molar-refractivity contribution is 4.74. The lowest BCUT2D eigenvalue weighted by molar-refractivity contribution is 0.0647. The molecule has 0 amide bonds. The molecule has 2 nitrogen and oxygen atoms in total. The van der Waals surface area contributed by atoms with Crippen LogP contribution in [0.4, 0.5) is 0 Å². The molecule has 1 N–H and O–H groups in total. The third-order valence-electron chi connectivity index (χ3n) is 1.91. The predicted octanol–water partition coefficient (Wildman–Crippen LogP) is 0.773. The van der Waals surface area contributed by atoms with E-state index in [0.717, 1.165) is 13.0 Å². The van der Waals surface area contributed by atoms with Crippen molar-refractivity contribution in [2.75, 3.05) is 13.7 Å². The van der Waals surface area contributed by atoms with Gasteiger partial charge in [-0.05, 0) is 26.3 Å².